The fourth-order valence-electron chi connectivity index (χ4n) is 0.0945. The third-order valence-corrected chi connectivity index (χ3v) is 2.89. The first-order valence-corrected chi connectivity index (χ1v) is 13.4. The number of halogens is 3. The molecular formula is CHCl3NaO3Sb. The first kappa shape index (κ1) is 13.5. The van der Waals surface area contributed by atoms with Gasteiger partial charge in [0.1, 0.15) is 0 Å². The Morgan fingerprint density at radius 3 is 1.78 bits per heavy atom. The fourth-order valence-corrected chi connectivity index (χ4v) is 1.90. The summed E-state index contributed by atoms with van der Waals surface area (Å²) in [6.45, 7) is 0. The molecule has 0 aliphatic heterocycles. The molecule has 0 saturated carbocycles. The van der Waals surface area contributed by atoms with Gasteiger partial charge in [0.15, 0.2) is 0 Å². The zero-order valence-electron chi connectivity index (χ0n) is 4.36. The van der Waals surface area contributed by atoms with Gasteiger partial charge >= 0.3 is 90.9 Å². The largest absolute Gasteiger partial charge is 1.00 e. The molecule has 0 N–H and O–H groups in total. The van der Waals surface area contributed by atoms with Gasteiger partial charge in [-0.25, -0.2) is 0 Å². The van der Waals surface area contributed by atoms with Crippen molar-refractivity contribution in [3.63, 3.8) is 0 Å². The average Bonchev–Trinajstić information content (AvgIpc) is 1.21. The molecule has 3 nitrogen and oxygen atoms in total. The summed E-state index contributed by atoms with van der Waals surface area (Å²) in [5.41, 5.74) is 0. The van der Waals surface area contributed by atoms with Gasteiger partial charge in [-0.05, 0) is 0 Å². The second-order valence-corrected chi connectivity index (χ2v) is 18.5. The van der Waals surface area contributed by atoms with Gasteiger partial charge in [-0.15, -0.1) is 0 Å². The van der Waals surface area contributed by atoms with Crippen LogP contribution in [0.5, 0.6) is 0 Å². The van der Waals surface area contributed by atoms with E-state index in [1.807, 2.05) is 0 Å². The van der Waals surface area contributed by atoms with Crippen LogP contribution in [0.1, 0.15) is 0 Å². The van der Waals surface area contributed by atoms with Gasteiger partial charge in [0.2, 0.25) is 0 Å². The molecule has 0 heterocycles. The standard InChI is InChI=1S/CH2O3.3ClH.Na.Sb.H/c2-1(3)4;;;;;;/h(H2,2,3,4);3*1H;;;/q;;;;+1;+4;/p-5. The summed E-state index contributed by atoms with van der Waals surface area (Å²) in [4.78, 5) is 9.48. The minimum atomic E-state index is -4.10. The predicted octanol–water partition coefficient (Wildman–Crippen LogP) is -2.77. The normalized spacial score (nSPS) is 11.4. The maximum Gasteiger partial charge on any atom is 1.00 e. The first-order chi connectivity index (χ1) is 3.42. The average molecular weight is 312 g/mol. The molecule has 0 atom stereocenters. The number of carboxylic acid groups (broad SMARTS) is 1. The quantitative estimate of drug-likeness (QED) is 0.493. The van der Waals surface area contributed by atoms with Crippen molar-refractivity contribution in [1.82, 2.24) is 0 Å². The summed E-state index contributed by atoms with van der Waals surface area (Å²) < 4.78 is 3.75. The fraction of sp³-hybridized carbons (Fsp3) is 0. The minimum Gasteiger partial charge on any atom is 1.00 e. The zero-order valence-corrected chi connectivity index (χ0v) is 11.5. The van der Waals surface area contributed by atoms with Gasteiger partial charge in [0.05, 0.1) is 0 Å². The molecule has 0 radical (unpaired) electrons. The van der Waals surface area contributed by atoms with E-state index in [4.69, 9.17) is 26.5 Å². The summed E-state index contributed by atoms with van der Waals surface area (Å²) >= 11 is -4.10. The van der Waals surface area contributed by atoms with Crippen LogP contribution in [-0.2, 0) is 3.02 Å². The molecule has 0 rings (SSSR count). The number of carbonyl (C=O) groups excluding carboxylic acids is 1. The van der Waals surface area contributed by atoms with Crippen molar-refractivity contribution in [1.29, 1.82) is 0 Å². The van der Waals surface area contributed by atoms with E-state index in [9.17, 15) is 9.90 Å². The van der Waals surface area contributed by atoms with Crippen molar-refractivity contribution in [2.75, 3.05) is 0 Å². The SMILES string of the molecule is O=C([O-])[O][SbH]([Cl])([Cl])[Cl].[Na+]. The van der Waals surface area contributed by atoms with Crippen LogP contribution in [0.3, 0.4) is 0 Å². The molecule has 0 saturated heterocycles. The zero-order chi connectivity index (χ0) is 6.78. The molecule has 8 heteroatoms. The molecule has 0 amide bonds. The molecule has 0 aliphatic carbocycles. The maximum absolute atomic E-state index is 9.48. The van der Waals surface area contributed by atoms with Crippen LogP contribution in [0.2, 0.25) is 0 Å². The molecule has 0 spiro atoms. The van der Waals surface area contributed by atoms with Gasteiger partial charge < -0.3 is 0 Å². The molecule has 0 aliphatic rings. The summed E-state index contributed by atoms with van der Waals surface area (Å²) in [5, 5.41) is 9.48. The van der Waals surface area contributed by atoms with E-state index in [-0.39, 0.29) is 29.6 Å². The Bertz CT molecular complexity index is 102. The predicted molar refractivity (Wildman–Crippen MR) is 31.2 cm³/mol. The molecule has 0 aromatic rings. The molecule has 0 unspecified atom stereocenters. The summed E-state index contributed by atoms with van der Waals surface area (Å²) in [6.07, 6.45) is -1.78. The van der Waals surface area contributed by atoms with Gasteiger partial charge in [0, 0.05) is 0 Å². The monoisotopic (exact) mass is 310 g/mol. The van der Waals surface area contributed by atoms with Crippen LogP contribution < -0.4 is 34.7 Å². The maximum atomic E-state index is 9.48. The Hall–Kier alpha value is 1.96. The first-order valence-electron chi connectivity index (χ1n) is 1.38. The van der Waals surface area contributed by atoms with Crippen LogP contribution >= 0.6 is 26.5 Å². The Balaban J connectivity index is 0. The number of hydrogen-bond donors (Lipinski definition) is 0. The van der Waals surface area contributed by atoms with Crippen molar-refractivity contribution in [3.05, 3.63) is 0 Å². The van der Waals surface area contributed by atoms with E-state index in [0.717, 1.165) is 0 Å². The smallest absolute Gasteiger partial charge is 1.00 e. The third kappa shape index (κ3) is 13.0. The van der Waals surface area contributed by atoms with E-state index in [2.05, 4.69) is 3.02 Å². The summed E-state index contributed by atoms with van der Waals surface area (Å²) in [7, 11) is 15.1. The molecule has 0 fully saturated rings. The van der Waals surface area contributed by atoms with Crippen molar-refractivity contribution < 1.29 is 42.5 Å². The Morgan fingerprint density at radius 1 is 1.44 bits per heavy atom. The van der Waals surface area contributed by atoms with Gasteiger partial charge in [-0.3, -0.25) is 0 Å². The molecule has 50 valence electrons. The summed E-state index contributed by atoms with van der Waals surface area (Å²) in [5.74, 6) is 0. The topological polar surface area (TPSA) is 49.4 Å². The molecule has 0 aromatic heterocycles. The van der Waals surface area contributed by atoms with Crippen LogP contribution in [-0.4, -0.2) is 22.0 Å². The molecule has 9 heavy (non-hydrogen) atoms. The second-order valence-electron chi connectivity index (χ2n) is 0.798. The van der Waals surface area contributed by atoms with E-state index < -0.39 is 22.0 Å². The van der Waals surface area contributed by atoms with Crippen molar-refractivity contribution in [2.45, 2.75) is 0 Å². The Labute approximate surface area is 89.5 Å². The summed E-state index contributed by atoms with van der Waals surface area (Å²) in [6, 6.07) is 0. The van der Waals surface area contributed by atoms with E-state index in [1.54, 1.807) is 0 Å². The third-order valence-electron chi connectivity index (χ3n) is 0.199. The molecule has 0 bridgehead atoms. The van der Waals surface area contributed by atoms with Crippen molar-refractivity contribution in [3.8, 4) is 0 Å². The van der Waals surface area contributed by atoms with E-state index in [0.29, 0.717) is 0 Å². The number of rotatable bonds is 1. The van der Waals surface area contributed by atoms with Crippen molar-refractivity contribution >= 4 is 48.4 Å². The van der Waals surface area contributed by atoms with Gasteiger partial charge in [0.25, 0.3) is 0 Å². The Kier molecular flexibility index (Phi) is 8.41. The van der Waals surface area contributed by atoms with Gasteiger partial charge in [-0.2, -0.15) is 0 Å². The van der Waals surface area contributed by atoms with E-state index in [1.165, 1.54) is 0 Å². The second kappa shape index (κ2) is 5.59. The number of carbonyl (C=O) groups is 1. The van der Waals surface area contributed by atoms with E-state index >= 15 is 0 Å². The molecular weight excluding hydrogens is 311 g/mol. The van der Waals surface area contributed by atoms with Crippen LogP contribution in [0, 0.1) is 0 Å². The molecule has 0 aromatic carbocycles. The number of hydrogen-bond acceptors (Lipinski definition) is 3. The van der Waals surface area contributed by atoms with Crippen LogP contribution in [0.25, 0.3) is 0 Å². The van der Waals surface area contributed by atoms with Crippen LogP contribution in [0.15, 0.2) is 0 Å². The van der Waals surface area contributed by atoms with Gasteiger partial charge in [-0.1, -0.05) is 0 Å². The minimum absolute atomic E-state index is 0. The van der Waals surface area contributed by atoms with Crippen LogP contribution in [0.4, 0.5) is 4.79 Å². The van der Waals surface area contributed by atoms with Crippen molar-refractivity contribution in [2.24, 2.45) is 0 Å². The Morgan fingerprint density at radius 2 is 1.78 bits per heavy atom.